The van der Waals surface area contributed by atoms with E-state index in [0.29, 0.717) is 6.42 Å². The Morgan fingerprint density at radius 2 is 1.74 bits per heavy atom. The molecule has 1 N–H and O–H groups in total. The van der Waals surface area contributed by atoms with Crippen LogP contribution in [0.25, 0.3) is 0 Å². The molecule has 0 saturated carbocycles. The molecule has 0 bridgehead atoms. The number of carbonyl (C=O) groups excluding carboxylic acids is 1. The molecule has 0 saturated heterocycles. The number of hydrogen-bond donors (Lipinski definition) is 1. The van der Waals surface area contributed by atoms with Crippen LogP contribution in [-0.4, -0.2) is 36.6 Å². The van der Waals surface area contributed by atoms with Crippen LogP contribution < -0.4 is 5.32 Å². The molecule has 19 heavy (non-hydrogen) atoms. The Balaban J connectivity index is 2.35. The SMILES string of the molecule is CC[N+](CC)(CC)CCCC(=O)Nc1cc[c]cc1. The summed E-state index contributed by atoms with van der Waals surface area (Å²) in [5.41, 5.74) is 0.853. The number of carbonyl (C=O) groups is 1. The third-order valence-electron chi connectivity index (χ3n) is 4.05. The Labute approximate surface area is 117 Å². The van der Waals surface area contributed by atoms with Crippen molar-refractivity contribution in [2.75, 3.05) is 31.5 Å². The Kier molecular flexibility index (Phi) is 6.57. The molecular weight excluding hydrogens is 236 g/mol. The van der Waals surface area contributed by atoms with Gasteiger partial charge in [-0.1, -0.05) is 12.1 Å². The molecule has 0 aliphatic heterocycles. The van der Waals surface area contributed by atoms with Gasteiger partial charge in [0.25, 0.3) is 0 Å². The minimum absolute atomic E-state index is 0.104. The second-order valence-corrected chi connectivity index (χ2v) is 4.95. The summed E-state index contributed by atoms with van der Waals surface area (Å²) in [6.45, 7) is 11.2. The van der Waals surface area contributed by atoms with Crippen LogP contribution in [0.2, 0.25) is 0 Å². The molecule has 0 fully saturated rings. The van der Waals surface area contributed by atoms with Crippen LogP contribution in [0.15, 0.2) is 24.3 Å². The van der Waals surface area contributed by atoms with Gasteiger partial charge in [-0.2, -0.15) is 0 Å². The van der Waals surface area contributed by atoms with Crippen LogP contribution in [0.3, 0.4) is 0 Å². The molecule has 1 aromatic rings. The van der Waals surface area contributed by atoms with Crippen molar-refractivity contribution in [3.05, 3.63) is 30.3 Å². The Hall–Kier alpha value is -1.35. The number of nitrogens with one attached hydrogen (secondary N) is 1. The van der Waals surface area contributed by atoms with Gasteiger partial charge in [-0.05, 0) is 39.0 Å². The van der Waals surface area contributed by atoms with E-state index in [1.54, 1.807) is 0 Å². The Morgan fingerprint density at radius 3 is 2.26 bits per heavy atom. The summed E-state index contributed by atoms with van der Waals surface area (Å²) < 4.78 is 1.10. The number of nitrogens with zero attached hydrogens (tertiary/aromatic N) is 1. The van der Waals surface area contributed by atoms with Crippen molar-refractivity contribution in [1.82, 2.24) is 0 Å². The molecule has 1 aromatic carbocycles. The Bertz CT molecular complexity index is 363. The average Bonchev–Trinajstić information content (AvgIpc) is 2.45. The second kappa shape index (κ2) is 7.95. The largest absolute Gasteiger partial charge is 0.326 e. The highest BCUT2D eigenvalue weighted by molar-refractivity contribution is 5.90. The first-order chi connectivity index (χ1) is 9.15. The summed E-state index contributed by atoms with van der Waals surface area (Å²) in [6.07, 6.45) is 1.54. The van der Waals surface area contributed by atoms with E-state index in [1.807, 2.05) is 24.3 Å². The van der Waals surface area contributed by atoms with E-state index >= 15 is 0 Å². The normalized spacial score (nSPS) is 11.3. The van der Waals surface area contributed by atoms with Crippen molar-refractivity contribution in [3.63, 3.8) is 0 Å². The molecule has 1 rings (SSSR count). The van der Waals surface area contributed by atoms with Gasteiger partial charge in [-0.25, -0.2) is 0 Å². The highest BCUT2D eigenvalue weighted by atomic mass is 16.1. The molecule has 0 spiro atoms. The zero-order chi connectivity index (χ0) is 14.1. The topological polar surface area (TPSA) is 29.1 Å². The van der Waals surface area contributed by atoms with Crippen molar-refractivity contribution in [1.29, 1.82) is 0 Å². The molecule has 0 heterocycles. The summed E-state index contributed by atoms with van der Waals surface area (Å²) in [4.78, 5) is 11.8. The van der Waals surface area contributed by atoms with Crippen molar-refractivity contribution in [3.8, 4) is 0 Å². The molecule has 3 nitrogen and oxygen atoms in total. The van der Waals surface area contributed by atoms with Crippen LogP contribution in [-0.2, 0) is 4.79 Å². The van der Waals surface area contributed by atoms with Gasteiger partial charge in [0.15, 0.2) is 0 Å². The van der Waals surface area contributed by atoms with E-state index in [0.717, 1.165) is 42.8 Å². The van der Waals surface area contributed by atoms with E-state index in [1.165, 1.54) is 0 Å². The van der Waals surface area contributed by atoms with E-state index in [4.69, 9.17) is 0 Å². The van der Waals surface area contributed by atoms with Gasteiger partial charge < -0.3 is 9.80 Å². The van der Waals surface area contributed by atoms with Crippen molar-refractivity contribution >= 4 is 11.6 Å². The summed E-state index contributed by atoms with van der Waals surface area (Å²) >= 11 is 0. The van der Waals surface area contributed by atoms with Gasteiger partial charge >= 0.3 is 0 Å². The van der Waals surface area contributed by atoms with Crippen LogP contribution in [0.5, 0.6) is 0 Å². The number of anilines is 1. The lowest BCUT2D eigenvalue weighted by molar-refractivity contribution is -0.923. The van der Waals surface area contributed by atoms with E-state index in [2.05, 4.69) is 32.2 Å². The van der Waals surface area contributed by atoms with Gasteiger partial charge in [0.05, 0.1) is 26.2 Å². The number of benzene rings is 1. The van der Waals surface area contributed by atoms with Crippen LogP contribution in [0, 0.1) is 6.07 Å². The minimum Gasteiger partial charge on any atom is -0.326 e. The average molecular weight is 262 g/mol. The van der Waals surface area contributed by atoms with Gasteiger partial charge in [-0.3, -0.25) is 4.79 Å². The third kappa shape index (κ3) is 5.03. The summed E-state index contributed by atoms with van der Waals surface area (Å²) in [7, 11) is 0. The zero-order valence-corrected chi connectivity index (χ0v) is 12.4. The van der Waals surface area contributed by atoms with E-state index in [-0.39, 0.29) is 5.91 Å². The minimum atomic E-state index is 0.104. The molecule has 0 aromatic heterocycles. The fourth-order valence-electron chi connectivity index (χ4n) is 2.41. The van der Waals surface area contributed by atoms with E-state index in [9.17, 15) is 4.79 Å². The lowest BCUT2D eigenvalue weighted by Gasteiger charge is -2.35. The summed E-state index contributed by atoms with van der Waals surface area (Å²) in [6, 6.07) is 10.3. The Morgan fingerprint density at radius 1 is 1.16 bits per heavy atom. The van der Waals surface area contributed by atoms with Crippen LogP contribution in [0.4, 0.5) is 5.69 Å². The summed E-state index contributed by atoms with van der Waals surface area (Å²) in [5, 5.41) is 2.92. The molecule has 0 atom stereocenters. The fourth-order valence-corrected chi connectivity index (χ4v) is 2.41. The van der Waals surface area contributed by atoms with Crippen LogP contribution in [0.1, 0.15) is 33.6 Å². The monoisotopic (exact) mass is 262 g/mol. The molecule has 1 amide bonds. The second-order valence-electron chi connectivity index (χ2n) is 4.95. The third-order valence-corrected chi connectivity index (χ3v) is 4.05. The first-order valence-corrected chi connectivity index (χ1v) is 7.27. The predicted molar refractivity (Wildman–Crippen MR) is 79.9 cm³/mol. The lowest BCUT2D eigenvalue weighted by atomic mass is 10.2. The molecule has 0 aliphatic rings. The molecule has 105 valence electrons. The molecule has 0 aliphatic carbocycles. The van der Waals surface area contributed by atoms with Gasteiger partial charge in [-0.15, -0.1) is 0 Å². The highest BCUT2D eigenvalue weighted by Gasteiger charge is 2.20. The fraction of sp³-hybridized carbons (Fsp3) is 0.562. The smallest absolute Gasteiger partial charge is 0.224 e. The van der Waals surface area contributed by atoms with Crippen molar-refractivity contribution in [2.24, 2.45) is 0 Å². The number of quaternary nitrogens is 1. The number of rotatable bonds is 8. The maximum atomic E-state index is 11.8. The maximum absolute atomic E-state index is 11.8. The zero-order valence-electron chi connectivity index (χ0n) is 12.4. The maximum Gasteiger partial charge on any atom is 0.224 e. The standard InChI is InChI=1S/C16H25N2O/c1-4-18(5-2,6-3)14-10-13-16(19)17-15-11-8-7-9-12-15/h8-9,11-12H,4-6,10,13-14H2,1-3H3/p+1. The van der Waals surface area contributed by atoms with E-state index < -0.39 is 0 Å². The van der Waals surface area contributed by atoms with Gasteiger partial charge in [0, 0.05) is 18.5 Å². The first-order valence-electron chi connectivity index (χ1n) is 7.27. The predicted octanol–water partition coefficient (Wildman–Crippen LogP) is 3.08. The first kappa shape index (κ1) is 15.7. The van der Waals surface area contributed by atoms with Gasteiger partial charge in [0.1, 0.15) is 0 Å². The number of amides is 1. The number of hydrogen-bond acceptors (Lipinski definition) is 1. The molecular formula is C16H26N2O+. The molecule has 0 unspecified atom stereocenters. The van der Waals surface area contributed by atoms with Crippen LogP contribution >= 0.6 is 0 Å². The van der Waals surface area contributed by atoms with Crippen molar-refractivity contribution < 1.29 is 9.28 Å². The lowest BCUT2D eigenvalue weighted by Crippen LogP contribution is -2.48. The summed E-state index contributed by atoms with van der Waals surface area (Å²) in [5.74, 6) is 0.104. The highest BCUT2D eigenvalue weighted by Crippen LogP contribution is 2.10. The van der Waals surface area contributed by atoms with Crippen molar-refractivity contribution in [2.45, 2.75) is 33.6 Å². The molecule has 1 radical (unpaired) electrons. The quantitative estimate of drug-likeness (QED) is 0.717. The van der Waals surface area contributed by atoms with Gasteiger partial charge in [0.2, 0.25) is 5.91 Å². The molecule has 3 heteroatoms.